The fourth-order valence-corrected chi connectivity index (χ4v) is 2.45. The average Bonchev–Trinajstić information content (AvgIpc) is 2.85. The van der Waals surface area contributed by atoms with Crippen molar-refractivity contribution in [2.45, 2.75) is 33.6 Å². The molecule has 5 nitrogen and oxygen atoms in total. The smallest absolute Gasteiger partial charge is 0.239 e. The van der Waals surface area contributed by atoms with E-state index in [1.807, 2.05) is 20.8 Å². The molecule has 5 heteroatoms. The van der Waals surface area contributed by atoms with Gasteiger partial charge in [-0.15, -0.1) is 0 Å². The predicted molar refractivity (Wildman–Crippen MR) is 75.7 cm³/mol. The summed E-state index contributed by atoms with van der Waals surface area (Å²) in [5.41, 5.74) is -0.312. The summed E-state index contributed by atoms with van der Waals surface area (Å²) in [7, 11) is 1.72. The summed E-state index contributed by atoms with van der Waals surface area (Å²) < 4.78 is 0. The minimum absolute atomic E-state index is 0.0817. The lowest BCUT2D eigenvalue weighted by molar-refractivity contribution is -0.142. The second kappa shape index (κ2) is 6.89. The van der Waals surface area contributed by atoms with E-state index in [9.17, 15) is 9.59 Å². The quantitative estimate of drug-likeness (QED) is 0.742. The molecular formula is C14H27N3O2. The van der Waals surface area contributed by atoms with Gasteiger partial charge in [-0.05, 0) is 25.3 Å². The summed E-state index contributed by atoms with van der Waals surface area (Å²) >= 11 is 0. The molecule has 0 spiro atoms. The third-order valence-corrected chi connectivity index (χ3v) is 3.81. The van der Waals surface area contributed by atoms with E-state index in [-0.39, 0.29) is 23.8 Å². The van der Waals surface area contributed by atoms with Crippen LogP contribution in [-0.2, 0) is 9.59 Å². The topological polar surface area (TPSA) is 61.4 Å². The van der Waals surface area contributed by atoms with Gasteiger partial charge in [-0.2, -0.15) is 0 Å². The molecule has 2 amide bonds. The summed E-state index contributed by atoms with van der Waals surface area (Å²) in [5, 5.41) is 6.09. The number of rotatable bonds is 6. The Bertz CT molecular complexity index is 323. The van der Waals surface area contributed by atoms with Gasteiger partial charge in [0.05, 0.1) is 12.0 Å². The lowest BCUT2D eigenvalue weighted by Crippen LogP contribution is -2.47. The second-order valence-corrected chi connectivity index (χ2v) is 5.92. The van der Waals surface area contributed by atoms with Crippen molar-refractivity contribution in [3.8, 4) is 0 Å². The van der Waals surface area contributed by atoms with Crippen molar-refractivity contribution in [1.82, 2.24) is 15.5 Å². The maximum Gasteiger partial charge on any atom is 0.239 e. The minimum Gasteiger partial charge on any atom is -0.354 e. The number of likely N-dealkylation sites (N-methyl/N-ethyl adjacent to an activating group) is 1. The highest BCUT2D eigenvalue weighted by Gasteiger charge is 2.41. The monoisotopic (exact) mass is 269 g/mol. The van der Waals surface area contributed by atoms with Crippen molar-refractivity contribution < 1.29 is 9.59 Å². The van der Waals surface area contributed by atoms with Gasteiger partial charge in [0.2, 0.25) is 11.8 Å². The van der Waals surface area contributed by atoms with Gasteiger partial charge >= 0.3 is 0 Å². The highest BCUT2D eigenvalue weighted by molar-refractivity contribution is 5.88. The number of nitrogens with zero attached hydrogens (tertiary/aromatic N) is 1. The van der Waals surface area contributed by atoms with Gasteiger partial charge in [-0.3, -0.25) is 9.59 Å². The lowest BCUT2D eigenvalue weighted by Gasteiger charge is -2.30. The Labute approximate surface area is 116 Å². The molecule has 0 aliphatic carbocycles. The van der Waals surface area contributed by atoms with Gasteiger partial charge < -0.3 is 15.5 Å². The highest BCUT2D eigenvalue weighted by atomic mass is 16.2. The fourth-order valence-electron chi connectivity index (χ4n) is 2.45. The zero-order valence-electron chi connectivity index (χ0n) is 12.6. The SMILES string of the molecule is CCC1(C(=O)N(C)CC(=O)NCC(C)C)CCNC1. The van der Waals surface area contributed by atoms with E-state index in [0.29, 0.717) is 12.5 Å². The van der Waals surface area contributed by atoms with Crippen LogP contribution in [0.15, 0.2) is 0 Å². The molecule has 1 aliphatic rings. The van der Waals surface area contributed by atoms with E-state index >= 15 is 0 Å². The molecule has 1 atom stereocenters. The first-order valence-corrected chi connectivity index (χ1v) is 7.14. The summed E-state index contributed by atoms with van der Waals surface area (Å²) in [6.07, 6.45) is 1.68. The van der Waals surface area contributed by atoms with Crippen LogP contribution in [0.4, 0.5) is 0 Å². The first-order chi connectivity index (χ1) is 8.91. The molecule has 1 unspecified atom stereocenters. The molecule has 0 aromatic rings. The van der Waals surface area contributed by atoms with Crippen molar-refractivity contribution in [1.29, 1.82) is 0 Å². The molecule has 1 aliphatic heterocycles. The zero-order valence-corrected chi connectivity index (χ0v) is 12.6. The number of amides is 2. The number of carbonyl (C=O) groups excluding carboxylic acids is 2. The number of carbonyl (C=O) groups is 2. The van der Waals surface area contributed by atoms with E-state index in [4.69, 9.17) is 0 Å². The predicted octanol–water partition coefficient (Wildman–Crippen LogP) is 0.607. The van der Waals surface area contributed by atoms with Crippen LogP contribution in [-0.4, -0.2) is 49.9 Å². The molecular weight excluding hydrogens is 242 g/mol. The molecule has 0 aromatic carbocycles. The molecule has 2 N–H and O–H groups in total. The number of nitrogens with one attached hydrogen (secondary N) is 2. The van der Waals surface area contributed by atoms with Gasteiger partial charge in [0, 0.05) is 20.1 Å². The third kappa shape index (κ3) is 4.20. The highest BCUT2D eigenvalue weighted by Crippen LogP contribution is 2.31. The van der Waals surface area contributed by atoms with E-state index in [1.54, 1.807) is 11.9 Å². The molecule has 110 valence electrons. The van der Waals surface area contributed by atoms with Crippen LogP contribution in [0.5, 0.6) is 0 Å². The Morgan fingerprint density at radius 2 is 2.11 bits per heavy atom. The van der Waals surface area contributed by atoms with Gasteiger partial charge in [-0.1, -0.05) is 20.8 Å². The van der Waals surface area contributed by atoms with Crippen molar-refractivity contribution in [3.05, 3.63) is 0 Å². The van der Waals surface area contributed by atoms with Crippen LogP contribution in [0.1, 0.15) is 33.6 Å². The molecule has 0 radical (unpaired) electrons. The van der Waals surface area contributed by atoms with Crippen LogP contribution < -0.4 is 10.6 Å². The van der Waals surface area contributed by atoms with Crippen molar-refractivity contribution >= 4 is 11.8 Å². The number of hydrogen-bond acceptors (Lipinski definition) is 3. The fraction of sp³-hybridized carbons (Fsp3) is 0.857. The summed E-state index contributed by atoms with van der Waals surface area (Å²) in [6.45, 7) is 8.54. The first kappa shape index (κ1) is 16.0. The minimum atomic E-state index is -0.312. The van der Waals surface area contributed by atoms with E-state index in [2.05, 4.69) is 10.6 Å². The summed E-state index contributed by atoms with van der Waals surface area (Å²) in [5.74, 6) is 0.424. The van der Waals surface area contributed by atoms with E-state index in [0.717, 1.165) is 25.9 Å². The maximum atomic E-state index is 12.5. The first-order valence-electron chi connectivity index (χ1n) is 7.14. The van der Waals surface area contributed by atoms with Crippen LogP contribution >= 0.6 is 0 Å². The number of hydrogen-bond donors (Lipinski definition) is 2. The van der Waals surface area contributed by atoms with Gasteiger partial charge in [0.15, 0.2) is 0 Å². The largest absolute Gasteiger partial charge is 0.354 e. The van der Waals surface area contributed by atoms with Crippen molar-refractivity contribution in [3.63, 3.8) is 0 Å². The molecule has 0 saturated carbocycles. The molecule has 19 heavy (non-hydrogen) atoms. The molecule has 1 rings (SSSR count). The van der Waals surface area contributed by atoms with Crippen LogP contribution in [0.3, 0.4) is 0 Å². The Morgan fingerprint density at radius 3 is 2.58 bits per heavy atom. The van der Waals surface area contributed by atoms with E-state index in [1.165, 1.54) is 0 Å². The molecule has 0 aromatic heterocycles. The van der Waals surface area contributed by atoms with Crippen molar-refractivity contribution in [2.24, 2.45) is 11.3 Å². The van der Waals surface area contributed by atoms with Crippen LogP contribution in [0, 0.1) is 11.3 Å². The van der Waals surface area contributed by atoms with Crippen LogP contribution in [0.25, 0.3) is 0 Å². The second-order valence-electron chi connectivity index (χ2n) is 5.92. The molecule has 1 fully saturated rings. The van der Waals surface area contributed by atoms with Gasteiger partial charge in [0.25, 0.3) is 0 Å². The van der Waals surface area contributed by atoms with E-state index < -0.39 is 0 Å². The normalized spacial score (nSPS) is 22.6. The Hall–Kier alpha value is -1.10. The Kier molecular flexibility index (Phi) is 5.79. The zero-order chi connectivity index (χ0) is 14.5. The lowest BCUT2D eigenvalue weighted by atomic mass is 9.83. The van der Waals surface area contributed by atoms with Crippen molar-refractivity contribution in [2.75, 3.05) is 33.2 Å². The molecule has 1 heterocycles. The Morgan fingerprint density at radius 1 is 1.42 bits per heavy atom. The van der Waals surface area contributed by atoms with Gasteiger partial charge in [0.1, 0.15) is 0 Å². The molecule has 0 bridgehead atoms. The average molecular weight is 269 g/mol. The molecule has 1 saturated heterocycles. The van der Waals surface area contributed by atoms with Crippen LogP contribution in [0.2, 0.25) is 0 Å². The summed E-state index contributed by atoms with van der Waals surface area (Å²) in [6, 6.07) is 0. The maximum absolute atomic E-state index is 12.5. The van der Waals surface area contributed by atoms with Gasteiger partial charge in [-0.25, -0.2) is 0 Å². The Balaban J connectivity index is 2.50. The standard InChI is InChI=1S/C14H27N3O2/c1-5-14(6-7-15-10-14)13(19)17(4)9-12(18)16-8-11(2)3/h11,15H,5-10H2,1-4H3,(H,16,18). The third-order valence-electron chi connectivity index (χ3n) is 3.81. The summed E-state index contributed by atoms with van der Waals surface area (Å²) in [4.78, 5) is 25.8.